The Morgan fingerprint density at radius 1 is 1.04 bits per heavy atom. The monoisotopic (exact) mass is 311 g/mol. The predicted octanol–water partition coefficient (Wildman–Crippen LogP) is 4.45. The molecule has 1 amide bonds. The lowest BCUT2D eigenvalue weighted by molar-refractivity contribution is 0.102. The first-order valence-electron chi connectivity index (χ1n) is 8.02. The summed E-state index contributed by atoms with van der Waals surface area (Å²) in [6.45, 7) is 9.50. The van der Waals surface area contributed by atoms with Crippen LogP contribution in [0.2, 0.25) is 0 Å². The molecule has 0 bridgehead atoms. The summed E-state index contributed by atoms with van der Waals surface area (Å²) in [5, 5.41) is 6.11. The van der Waals surface area contributed by atoms with Crippen molar-refractivity contribution in [2.45, 2.75) is 39.5 Å². The van der Waals surface area contributed by atoms with E-state index in [1.54, 1.807) is 12.3 Å². The van der Waals surface area contributed by atoms with Crippen LogP contribution in [0, 0.1) is 0 Å². The fourth-order valence-electron chi connectivity index (χ4n) is 2.15. The van der Waals surface area contributed by atoms with Crippen LogP contribution >= 0.6 is 0 Å². The summed E-state index contributed by atoms with van der Waals surface area (Å²) in [4.78, 5) is 16.4. The number of hydrogen-bond acceptors (Lipinski definition) is 3. The molecule has 2 N–H and O–H groups in total. The van der Waals surface area contributed by atoms with Crippen LogP contribution in [0.25, 0.3) is 0 Å². The van der Waals surface area contributed by atoms with Gasteiger partial charge in [-0.05, 0) is 41.7 Å². The Balaban J connectivity index is 2.01. The second-order valence-electron chi connectivity index (χ2n) is 6.64. The number of nitrogens with one attached hydrogen (secondary N) is 2. The summed E-state index contributed by atoms with van der Waals surface area (Å²) in [7, 11) is 0. The van der Waals surface area contributed by atoms with E-state index in [9.17, 15) is 4.79 Å². The number of nitrogens with zero attached hydrogens (tertiary/aromatic N) is 1. The number of hydrogen-bond donors (Lipinski definition) is 2. The van der Waals surface area contributed by atoms with Crippen LogP contribution in [0.3, 0.4) is 0 Å². The Morgan fingerprint density at radius 3 is 2.22 bits per heavy atom. The average molecular weight is 311 g/mol. The lowest BCUT2D eigenvalue weighted by atomic mass is 9.87. The van der Waals surface area contributed by atoms with Gasteiger partial charge in [-0.15, -0.1) is 0 Å². The van der Waals surface area contributed by atoms with Crippen LogP contribution in [-0.2, 0) is 5.41 Å². The van der Waals surface area contributed by atoms with Gasteiger partial charge in [0.25, 0.3) is 5.91 Å². The number of amides is 1. The molecule has 1 aromatic carbocycles. The van der Waals surface area contributed by atoms with E-state index in [1.165, 1.54) is 5.56 Å². The molecular weight excluding hydrogens is 286 g/mol. The Bertz CT molecular complexity index is 640. The Hall–Kier alpha value is -2.36. The van der Waals surface area contributed by atoms with Gasteiger partial charge >= 0.3 is 0 Å². The maximum Gasteiger partial charge on any atom is 0.274 e. The van der Waals surface area contributed by atoms with Crippen molar-refractivity contribution in [1.82, 2.24) is 4.98 Å². The van der Waals surface area contributed by atoms with Gasteiger partial charge in [0.1, 0.15) is 5.69 Å². The molecule has 1 aromatic heterocycles. The van der Waals surface area contributed by atoms with Crippen molar-refractivity contribution >= 4 is 17.3 Å². The van der Waals surface area contributed by atoms with E-state index >= 15 is 0 Å². The zero-order chi connectivity index (χ0) is 16.9. The topological polar surface area (TPSA) is 54.0 Å². The van der Waals surface area contributed by atoms with E-state index in [0.717, 1.165) is 24.3 Å². The zero-order valence-electron chi connectivity index (χ0n) is 14.3. The second-order valence-corrected chi connectivity index (χ2v) is 6.64. The summed E-state index contributed by atoms with van der Waals surface area (Å²) in [5.74, 6) is -0.199. The van der Waals surface area contributed by atoms with Crippen LogP contribution in [0.5, 0.6) is 0 Å². The standard InChI is InChI=1S/C19H25N3O/c1-5-12-20-16-10-11-17(21-13-16)18(23)22-15-8-6-14(7-9-15)19(2,3)4/h6-11,13,20H,5,12H2,1-4H3,(H,22,23). The predicted molar refractivity (Wildman–Crippen MR) is 96.1 cm³/mol. The molecule has 0 atom stereocenters. The van der Waals surface area contributed by atoms with Crippen molar-refractivity contribution in [3.05, 3.63) is 53.9 Å². The van der Waals surface area contributed by atoms with E-state index in [0.29, 0.717) is 5.69 Å². The molecule has 0 saturated carbocycles. The van der Waals surface area contributed by atoms with Gasteiger partial charge < -0.3 is 10.6 Å². The highest BCUT2D eigenvalue weighted by atomic mass is 16.1. The molecule has 2 rings (SSSR count). The fraction of sp³-hybridized carbons (Fsp3) is 0.368. The van der Waals surface area contributed by atoms with Crippen LogP contribution in [0.15, 0.2) is 42.6 Å². The van der Waals surface area contributed by atoms with E-state index in [2.05, 4.69) is 43.3 Å². The number of pyridine rings is 1. The number of rotatable bonds is 5. The third kappa shape index (κ3) is 4.81. The van der Waals surface area contributed by atoms with Gasteiger partial charge in [-0.25, -0.2) is 4.98 Å². The average Bonchev–Trinajstić information content (AvgIpc) is 2.53. The molecule has 0 saturated heterocycles. The summed E-state index contributed by atoms with van der Waals surface area (Å²) < 4.78 is 0. The smallest absolute Gasteiger partial charge is 0.274 e. The lowest BCUT2D eigenvalue weighted by Gasteiger charge is -2.19. The fourth-order valence-corrected chi connectivity index (χ4v) is 2.15. The molecule has 122 valence electrons. The molecule has 0 aliphatic carbocycles. The first-order chi connectivity index (χ1) is 10.9. The van der Waals surface area contributed by atoms with E-state index in [1.807, 2.05) is 30.3 Å². The Morgan fingerprint density at radius 2 is 1.70 bits per heavy atom. The number of carbonyl (C=O) groups is 1. The first kappa shape index (κ1) is 17.0. The number of anilines is 2. The molecule has 0 aliphatic heterocycles. The molecule has 0 unspecified atom stereocenters. The van der Waals surface area contributed by atoms with Gasteiger partial charge in [0.15, 0.2) is 0 Å². The number of benzene rings is 1. The van der Waals surface area contributed by atoms with Gasteiger partial charge in [0.2, 0.25) is 0 Å². The first-order valence-corrected chi connectivity index (χ1v) is 8.02. The van der Waals surface area contributed by atoms with Crippen molar-refractivity contribution in [2.24, 2.45) is 0 Å². The molecule has 0 spiro atoms. The normalized spacial score (nSPS) is 11.1. The van der Waals surface area contributed by atoms with Crippen LogP contribution in [-0.4, -0.2) is 17.4 Å². The van der Waals surface area contributed by atoms with Gasteiger partial charge in [0.05, 0.1) is 11.9 Å². The molecular formula is C19H25N3O. The molecule has 1 heterocycles. The summed E-state index contributed by atoms with van der Waals surface area (Å²) in [5.41, 5.74) is 3.45. The minimum Gasteiger partial charge on any atom is -0.384 e. The van der Waals surface area contributed by atoms with Crippen molar-refractivity contribution in [3.8, 4) is 0 Å². The maximum absolute atomic E-state index is 12.2. The lowest BCUT2D eigenvalue weighted by Crippen LogP contribution is -2.15. The molecule has 0 aliphatic rings. The van der Waals surface area contributed by atoms with Crippen molar-refractivity contribution in [2.75, 3.05) is 17.2 Å². The number of carbonyl (C=O) groups excluding carboxylic acids is 1. The summed E-state index contributed by atoms with van der Waals surface area (Å²) in [6, 6.07) is 11.5. The molecule has 23 heavy (non-hydrogen) atoms. The molecule has 4 heteroatoms. The minimum absolute atomic E-state index is 0.103. The number of aromatic nitrogens is 1. The van der Waals surface area contributed by atoms with Crippen molar-refractivity contribution in [3.63, 3.8) is 0 Å². The highest BCUT2D eigenvalue weighted by Gasteiger charge is 2.13. The van der Waals surface area contributed by atoms with Crippen molar-refractivity contribution < 1.29 is 4.79 Å². The quantitative estimate of drug-likeness (QED) is 0.857. The highest BCUT2D eigenvalue weighted by Crippen LogP contribution is 2.23. The summed E-state index contributed by atoms with van der Waals surface area (Å²) in [6.07, 6.45) is 2.74. The van der Waals surface area contributed by atoms with Gasteiger partial charge in [0, 0.05) is 12.2 Å². The van der Waals surface area contributed by atoms with Crippen LogP contribution in [0.4, 0.5) is 11.4 Å². The van der Waals surface area contributed by atoms with Gasteiger partial charge in [-0.3, -0.25) is 4.79 Å². The zero-order valence-corrected chi connectivity index (χ0v) is 14.3. The molecule has 4 nitrogen and oxygen atoms in total. The molecule has 0 fully saturated rings. The van der Waals surface area contributed by atoms with E-state index in [-0.39, 0.29) is 11.3 Å². The third-order valence-corrected chi connectivity index (χ3v) is 3.58. The molecule has 0 radical (unpaired) electrons. The SMILES string of the molecule is CCCNc1ccc(C(=O)Nc2ccc(C(C)(C)C)cc2)nc1. The molecule has 2 aromatic rings. The largest absolute Gasteiger partial charge is 0.384 e. The second kappa shape index (κ2) is 7.27. The third-order valence-electron chi connectivity index (χ3n) is 3.58. The van der Waals surface area contributed by atoms with E-state index in [4.69, 9.17) is 0 Å². The highest BCUT2D eigenvalue weighted by molar-refractivity contribution is 6.02. The van der Waals surface area contributed by atoms with Crippen molar-refractivity contribution in [1.29, 1.82) is 0 Å². The van der Waals surface area contributed by atoms with Crippen LogP contribution < -0.4 is 10.6 Å². The van der Waals surface area contributed by atoms with Gasteiger partial charge in [-0.2, -0.15) is 0 Å². The summed E-state index contributed by atoms with van der Waals surface area (Å²) >= 11 is 0. The minimum atomic E-state index is -0.199. The van der Waals surface area contributed by atoms with Gasteiger partial charge in [-0.1, -0.05) is 39.8 Å². The van der Waals surface area contributed by atoms with Crippen LogP contribution in [0.1, 0.15) is 50.2 Å². The van der Waals surface area contributed by atoms with E-state index < -0.39 is 0 Å². The Kier molecular flexibility index (Phi) is 5.37. The maximum atomic E-state index is 12.2. The Labute approximate surface area is 138 Å².